The first-order valence-corrected chi connectivity index (χ1v) is 9.94. The van der Waals surface area contributed by atoms with E-state index in [9.17, 15) is 9.18 Å². The topological polar surface area (TPSA) is 89.6 Å². The molecule has 3 aromatic rings. The van der Waals surface area contributed by atoms with Crippen molar-refractivity contribution in [1.82, 2.24) is 24.9 Å². The molecule has 0 fully saturated rings. The molecule has 0 spiro atoms. The molecule has 1 N–H and O–H groups in total. The first-order chi connectivity index (χ1) is 13.1. The van der Waals surface area contributed by atoms with E-state index in [2.05, 4.69) is 27.3 Å². The molecule has 0 aliphatic heterocycles. The van der Waals surface area contributed by atoms with E-state index in [0.717, 1.165) is 25.0 Å². The van der Waals surface area contributed by atoms with Gasteiger partial charge in [-0.1, -0.05) is 42.4 Å². The molecule has 0 atom stereocenters. The monoisotopic (exact) mass is 391 g/mol. The number of rotatable bonds is 9. The van der Waals surface area contributed by atoms with Crippen LogP contribution >= 0.6 is 11.8 Å². The van der Waals surface area contributed by atoms with Gasteiger partial charge in [-0.15, -0.1) is 5.10 Å². The standard InChI is InChI=1S/C18H22FN5O2S/c1-3-4-9-24-17(25)21-22-18(24)27-10-5-6-15-20-16(23-26-15)13-8-7-12(2)14(19)11-13/h7-8,11H,3-6,9-10H2,1-2H3,(H,21,25). The summed E-state index contributed by atoms with van der Waals surface area (Å²) < 4.78 is 20.6. The van der Waals surface area contributed by atoms with Crippen molar-refractivity contribution < 1.29 is 8.91 Å². The molecular weight excluding hydrogens is 369 g/mol. The van der Waals surface area contributed by atoms with Crippen LogP contribution in [0.2, 0.25) is 0 Å². The van der Waals surface area contributed by atoms with E-state index in [1.165, 1.54) is 17.8 Å². The van der Waals surface area contributed by atoms with Crippen LogP contribution in [0.1, 0.15) is 37.6 Å². The molecule has 0 radical (unpaired) electrons. The van der Waals surface area contributed by atoms with E-state index in [-0.39, 0.29) is 11.5 Å². The normalized spacial score (nSPS) is 11.2. The maximum absolute atomic E-state index is 13.7. The molecular formula is C18H22FN5O2S. The highest BCUT2D eigenvalue weighted by Gasteiger charge is 2.11. The van der Waals surface area contributed by atoms with Crippen LogP contribution < -0.4 is 5.69 Å². The first kappa shape index (κ1) is 19.3. The van der Waals surface area contributed by atoms with E-state index >= 15 is 0 Å². The summed E-state index contributed by atoms with van der Waals surface area (Å²) in [7, 11) is 0. The summed E-state index contributed by atoms with van der Waals surface area (Å²) in [5.41, 5.74) is 1.01. The van der Waals surface area contributed by atoms with Gasteiger partial charge in [0.2, 0.25) is 11.7 Å². The van der Waals surface area contributed by atoms with Gasteiger partial charge in [0.15, 0.2) is 5.16 Å². The minimum atomic E-state index is -0.289. The zero-order chi connectivity index (χ0) is 19.2. The van der Waals surface area contributed by atoms with Gasteiger partial charge in [0.1, 0.15) is 5.82 Å². The maximum atomic E-state index is 13.7. The number of nitrogens with one attached hydrogen (secondary N) is 1. The lowest BCUT2D eigenvalue weighted by atomic mass is 10.1. The van der Waals surface area contributed by atoms with Gasteiger partial charge in [-0.05, 0) is 31.4 Å². The third-order valence-corrected chi connectivity index (χ3v) is 5.19. The van der Waals surface area contributed by atoms with Gasteiger partial charge in [-0.2, -0.15) is 4.98 Å². The molecule has 0 saturated heterocycles. The number of thioether (sulfide) groups is 1. The highest BCUT2D eigenvalue weighted by atomic mass is 32.2. The largest absolute Gasteiger partial charge is 0.343 e. The van der Waals surface area contributed by atoms with Crippen molar-refractivity contribution in [2.45, 2.75) is 51.2 Å². The van der Waals surface area contributed by atoms with Crippen molar-refractivity contribution in [2.24, 2.45) is 0 Å². The number of aromatic amines is 1. The lowest BCUT2D eigenvalue weighted by Gasteiger charge is -2.03. The van der Waals surface area contributed by atoms with Crippen LogP contribution in [0.5, 0.6) is 0 Å². The van der Waals surface area contributed by atoms with Crippen LogP contribution in [-0.4, -0.2) is 30.7 Å². The number of hydrogen-bond acceptors (Lipinski definition) is 6. The lowest BCUT2D eigenvalue weighted by Crippen LogP contribution is -2.17. The van der Waals surface area contributed by atoms with E-state index in [1.807, 2.05) is 0 Å². The second-order valence-electron chi connectivity index (χ2n) is 6.24. The summed E-state index contributed by atoms with van der Waals surface area (Å²) in [6, 6.07) is 4.88. The molecule has 2 heterocycles. The van der Waals surface area contributed by atoms with E-state index in [0.29, 0.717) is 41.0 Å². The predicted octanol–water partition coefficient (Wildman–Crippen LogP) is 3.59. The van der Waals surface area contributed by atoms with Gasteiger partial charge >= 0.3 is 5.69 Å². The van der Waals surface area contributed by atoms with Crippen molar-refractivity contribution in [2.75, 3.05) is 5.75 Å². The number of benzene rings is 1. The third-order valence-electron chi connectivity index (χ3n) is 4.12. The number of hydrogen-bond donors (Lipinski definition) is 1. The van der Waals surface area contributed by atoms with Crippen molar-refractivity contribution in [3.05, 3.63) is 46.0 Å². The number of unbranched alkanes of at least 4 members (excludes halogenated alkanes) is 1. The average molecular weight is 391 g/mol. The van der Waals surface area contributed by atoms with Crippen LogP contribution in [0.25, 0.3) is 11.4 Å². The Hall–Kier alpha value is -2.42. The highest BCUT2D eigenvalue weighted by Crippen LogP contribution is 2.20. The van der Waals surface area contributed by atoms with Crippen LogP contribution in [0.15, 0.2) is 32.7 Å². The lowest BCUT2D eigenvalue weighted by molar-refractivity contribution is 0.378. The summed E-state index contributed by atoms with van der Waals surface area (Å²) in [5.74, 6) is 1.38. The summed E-state index contributed by atoms with van der Waals surface area (Å²) in [6.07, 6.45) is 3.37. The Kier molecular flexibility index (Phi) is 6.44. The van der Waals surface area contributed by atoms with E-state index in [4.69, 9.17) is 4.52 Å². The first-order valence-electron chi connectivity index (χ1n) is 8.95. The van der Waals surface area contributed by atoms with Gasteiger partial charge in [0.05, 0.1) is 0 Å². The van der Waals surface area contributed by atoms with Crippen LogP contribution in [-0.2, 0) is 13.0 Å². The minimum absolute atomic E-state index is 0.169. The molecule has 0 saturated carbocycles. The van der Waals surface area contributed by atoms with Gasteiger partial charge in [0, 0.05) is 24.3 Å². The molecule has 0 bridgehead atoms. The highest BCUT2D eigenvalue weighted by molar-refractivity contribution is 7.99. The van der Waals surface area contributed by atoms with Crippen molar-refractivity contribution >= 4 is 11.8 Å². The molecule has 7 nitrogen and oxygen atoms in total. The molecule has 0 aliphatic rings. The fourth-order valence-electron chi connectivity index (χ4n) is 2.52. The molecule has 0 amide bonds. The van der Waals surface area contributed by atoms with Gasteiger partial charge < -0.3 is 4.52 Å². The zero-order valence-electron chi connectivity index (χ0n) is 15.4. The van der Waals surface area contributed by atoms with Gasteiger partial charge in [0.25, 0.3) is 0 Å². The minimum Gasteiger partial charge on any atom is -0.339 e. The number of nitrogens with zero attached hydrogens (tertiary/aromatic N) is 4. The smallest absolute Gasteiger partial charge is 0.339 e. The number of halogens is 1. The molecule has 9 heteroatoms. The van der Waals surface area contributed by atoms with E-state index in [1.54, 1.807) is 23.6 Å². The maximum Gasteiger partial charge on any atom is 0.343 e. The summed E-state index contributed by atoms with van der Waals surface area (Å²) in [4.78, 5) is 16.1. The van der Waals surface area contributed by atoms with Crippen molar-refractivity contribution in [3.8, 4) is 11.4 Å². The van der Waals surface area contributed by atoms with Gasteiger partial charge in [-0.25, -0.2) is 14.3 Å². The fourth-order valence-corrected chi connectivity index (χ4v) is 3.43. The molecule has 144 valence electrons. The molecule has 0 aliphatic carbocycles. The number of H-pyrrole nitrogens is 1. The Morgan fingerprint density at radius 1 is 1.33 bits per heavy atom. The second-order valence-corrected chi connectivity index (χ2v) is 7.31. The Labute approximate surface area is 160 Å². The molecule has 2 aromatic heterocycles. The number of aryl methyl sites for hydroxylation is 2. The Morgan fingerprint density at radius 2 is 2.19 bits per heavy atom. The van der Waals surface area contributed by atoms with Crippen molar-refractivity contribution in [3.63, 3.8) is 0 Å². The SMILES string of the molecule is CCCCn1c(SCCCc2nc(-c3ccc(C)c(F)c3)no2)n[nH]c1=O. The fraction of sp³-hybridized carbons (Fsp3) is 0.444. The summed E-state index contributed by atoms with van der Waals surface area (Å²) >= 11 is 1.53. The summed E-state index contributed by atoms with van der Waals surface area (Å²) in [5, 5.41) is 11.2. The molecule has 27 heavy (non-hydrogen) atoms. The Bertz CT molecular complexity index is 949. The van der Waals surface area contributed by atoms with E-state index < -0.39 is 0 Å². The van der Waals surface area contributed by atoms with Crippen LogP contribution in [0.4, 0.5) is 4.39 Å². The second kappa shape index (κ2) is 8.98. The molecule has 0 unspecified atom stereocenters. The predicted molar refractivity (Wildman–Crippen MR) is 101 cm³/mol. The zero-order valence-corrected chi connectivity index (χ0v) is 16.2. The average Bonchev–Trinajstić information content (AvgIpc) is 3.26. The number of aromatic nitrogens is 5. The molecule has 3 rings (SSSR count). The van der Waals surface area contributed by atoms with Crippen LogP contribution in [0, 0.1) is 12.7 Å². The third kappa shape index (κ3) is 4.85. The van der Waals surface area contributed by atoms with Crippen molar-refractivity contribution in [1.29, 1.82) is 0 Å². The quantitative estimate of drug-likeness (QED) is 0.443. The van der Waals surface area contributed by atoms with Gasteiger partial charge in [-0.3, -0.25) is 4.57 Å². The molecule has 1 aromatic carbocycles. The Morgan fingerprint density at radius 3 is 2.96 bits per heavy atom. The van der Waals surface area contributed by atoms with Crippen LogP contribution in [0.3, 0.4) is 0 Å². The Balaban J connectivity index is 1.52. The summed E-state index contributed by atoms with van der Waals surface area (Å²) in [6.45, 7) is 4.47.